The van der Waals surface area contributed by atoms with E-state index in [0.717, 1.165) is 17.5 Å². The molecule has 0 saturated carbocycles. The van der Waals surface area contributed by atoms with Crippen LogP contribution < -0.4 is 5.32 Å². The molecule has 5 nitrogen and oxygen atoms in total. The van der Waals surface area contributed by atoms with Gasteiger partial charge in [0.2, 0.25) is 6.29 Å². The van der Waals surface area contributed by atoms with Gasteiger partial charge in [-0.15, -0.1) is 0 Å². The Bertz CT molecular complexity index is 1250. The van der Waals surface area contributed by atoms with Crippen LogP contribution in [0.3, 0.4) is 0 Å². The van der Waals surface area contributed by atoms with Gasteiger partial charge < -0.3 is 19.9 Å². The van der Waals surface area contributed by atoms with E-state index in [0.29, 0.717) is 25.9 Å². The summed E-state index contributed by atoms with van der Waals surface area (Å²) in [6.07, 6.45) is 4.18. The van der Waals surface area contributed by atoms with E-state index in [-0.39, 0.29) is 36.6 Å². The fourth-order valence-corrected chi connectivity index (χ4v) is 4.85. The molecule has 0 radical (unpaired) electrons. The van der Waals surface area contributed by atoms with Crippen molar-refractivity contribution in [2.45, 2.75) is 44.4 Å². The third kappa shape index (κ3) is 5.50. The molecule has 0 fully saturated rings. The SMILES string of the molecule is O=C(NCc1ccc(F)cc1)C1=C[C@@H](c2ccc3c(c2)Cc2ccccc2-3)C[C@@H](OCCCCO)O1. The maximum absolute atomic E-state index is 13.2. The van der Waals surface area contributed by atoms with Crippen LogP contribution in [0.4, 0.5) is 4.39 Å². The van der Waals surface area contributed by atoms with Crippen LogP contribution >= 0.6 is 0 Å². The van der Waals surface area contributed by atoms with Gasteiger partial charge in [0.1, 0.15) is 5.82 Å². The van der Waals surface area contributed by atoms with Crippen LogP contribution in [0, 0.1) is 5.82 Å². The zero-order valence-corrected chi connectivity index (χ0v) is 20.1. The lowest BCUT2D eigenvalue weighted by Crippen LogP contribution is -2.32. The molecule has 2 atom stereocenters. The second kappa shape index (κ2) is 11.1. The van der Waals surface area contributed by atoms with Crippen molar-refractivity contribution in [2.24, 2.45) is 0 Å². The summed E-state index contributed by atoms with van der Waals surface area (Å²) in [4.78, 5) is 13.0. The summed E-state index contributed by atoms with van der Waals surface area (Å²) < 4.78 is 25.1. The second-order valence-corrected chi connectivity index (χ2v) is 9.28. The normalized spacial score (nSPS) is 18.1. The summed E-state index contributed by atoms with van der Waals surface area (Å²) >= 11 is 0. The zero-order valence-electron chi connectivity index (χ0n) is 20.1. The molecule has 186 valence electrons. The molecule has 6 heteroatoms. The molecule has 1 aliphatic heterocycles. The zero-order chi connectivity index (χ0) is 24.9. The van der Waals surface area contributed by atoms with Crippen molar-refractivity contribution in [1.29, 1.82) is 0 Å². The van der Waals surface area contributed by atoms with E-state index < -0.39 is 6.29 Å². The number of ether oxygens (including phenoxy) is 2. The standard InChI is InChI=1S/C30H30FNO4/c31-25-10-7-20(8-11-25)19-32-30(34)28-17-23(18-29(36-28)35-14-4-3-13-33)21-9-12-27-24(15-21)16-22-5-1-2-6-26(22)27/h1-2,5-12,15,17,23,29,33H,3-4,13-14,16,18-19H2,(H,32,34)/t23-,29+/m1/s1. The largest absolute Gasteiger partial charge is 0.459 e. The molecule has 1 heterocycles. The molecular formula is C30H30FNO4. The predicted molar refractivity (Wildman–Crippen MR) is 136 cm³/mol. The molecule has 0 unspecified atom stereocenters. The van der Waals surface area contributed by atoms with Crippen LogP contribution in [0.5, 0.6) is 0 Å². The van der Waals surface area contributed by atoms with Gasteiger partial charge in [-0.1, -0.05) is 54.6 Å². The summed E-state index contributed by atoms with van der Waals surface area (Å²) in [5, 5.41) is 11.9. The molecule has 2 aliphatic rings. The lowest BCUT2D eigenvalue weighted by molar-refractivity contribution is -0.146. The van der Waals surface area contributed by atoms with Crippen molar-refractivity contribution < 1.29 is 23.8 Å². The first-order valence-corrected chi connectivity index (χ1v) is 12.5. The van der Waals surface area contributed by atoms with E-state index in [1.54, 1.807) is 12.1 Å². The molecule has 1 amide bonds. The molecule has 2 N–H and O–H groups in total. The smallest absolute Gasteiger partial charge is 0.286 e. The van der Waals surface area contributed by atoms with Gasteiger partial charge in [0, 0.05) is 25.5 Å². The number of benzene rings is 3. The van der Waals surface area contributed by atoms with Crippen molar-refractivity contribution in [3.63, 3.8) is 0 Å². The third-order valence-corrected chi connectivity index (χ3v) is 6.75. The van der Waals surface area contributed by atoms with Crippen LogP contribution in [-0.2, 0) is 27.2 Å². The average Bonchev–Trinajstić information content (AvgIpc) is 3.28. The molecule has 1 aliphatic carbocycles. The summed E-state index contributed by atoms with van der Waals surface area (Å²) in [6.45, 7) is 0.831. The number of nitrogens with one attached hydrogen (secondary N) is 1. The quantitative estimate of drug-likeness (QED) is 0.318. The number of hydrogen-bond acceptors (Lipinski definition) is 4. The number of allylic oxidation sites excluding steroid dienone is 1. The van der Waals surface area contributed by atoms with Crippen molar-refractivity contribution in [1.82, 2.24) is 5.32 Å². The number of carbonyl (C=O) groups excluding carboxylic acids is 1. The lowest BCUT2D eigenvalue weighted by Gasteiger charge is -2.29. The fourth-order valence-electron chi connectivity index (χ4n) is 4.85. The maximum atomic E-state index is 13.2. The molecule has 0 saturated heterocycles. The highest BCUT2D eigenvalue weighted by molar-refractivity contribution is 5.91. The Balaban J connectivity index is 1.34. The highest BCUT2D eigenvalue weighted by Gasteiger charge is 2.29. The number of rotatable bonds is 9. The number of fused-ring (bicyclic) bond motifs is 3. The van der Waals surface area contributed by atoms with Gasteiger partial charge in [-0.3, -0.25) is 4.79 Å². The molecule has 3 aromatic carbocycles. The Labute approximate surface area is 210 Å². The Hall–Kier alpha value is -3.48. The minimum absolute atomic E-state index is 0.0397. The molecule has 5 rings (SSSR count). The Morgan fingerprint density at radius 2 is 1.83 bits per heavy atom. The van der Waals surface area contributed by atoms with Crippen LogP contribution in [0.15, 0.2) is 78.6 Å². The van der Waals surface area contributed by atoms with E-state index in [1.165, 1.54) is 34.4 Å². The van der Waals surface area contributed by atoms with Gasteiger partial charge in [-0.25, -0.2) is 4.39 Å². The number of aliphatic hydroxyl groups excluding tert-OH is 1. The molecule has 36 heavy (non-hydrogen) atoms. The summed E-state index contributed by atoms with van der Waals surface area (Å²) in [5.74, 6) is -0.460. The third-order valence-electron chi connectivity index (χ3n) is 6.75. The van der Waals surface area contributed by atoms with Crippen LogP contribution in [-0.4, -0.2) is 30.5 Å². The molecule has 3 aromatic rings. The molecule has 0 bridgehead atoms. The average molecular weight is 488 g/mol. The summed E-state index contributed by atoms with van der Waals surface area (Å²) in [6, 6.07) is 21.0. The van der Waals surface area contributed by atoms with Gasteiger partial charge in [-0.2, -0.15) is 0 Å². The lowest BCUT2D eigenvalue weighted by atomic mass is 9.90. The molecule has 0 spiro atoms. The van der Waals surface area contributed by atoms with E-state index in [4.69, 9.17) is 14.6 Å². The van der Waals surface area contributed by atoms with E-state index in [1.807, 2.05) is 6.08 Å². The first-order chi connectivity index (χ1) is 17.6. The van der Waals surface area contributed by atoms with Crippen molar-refractivity contribution in [3.8, 4) is 11.1 Å². The number of carbonyl (C=O) groups is 1. The van der Waals surface area contributed by atoms with Gasteiger partial charge in [0.15, 0.2) is 5.76 Å². The number of amides is 1. The van der Waals surface area contributed by atoms with Gasteiger partial charge in [0.25, 0.3) is 5.91 Å². The number of hydrogen-bond donors (Lipinski definition) is 2. The topological polar surface area (TPSA) is 67.8 Å². The first kappa shape index (κ1) is 24.2. The second-order valence-electron chi connectivity index (χ2n) is 9.28. The van der Waals surface area contributed by atoms with Crippen molar-refractivity contribution in [2.75, 3.05) is 13.2 Å². The maximum Gasteiger partial charge on any atom is 0.286 e. The van der Waals surface area contributed by atoms with Gasteiger partial charge in [-0.05, 0) is 70.9 Å². The molecule has 0 aromatic heterocycles. The van der Waals surface area contributed by atoms with Gasteiger partial charge >= 0.3 is 0 Å². The Morgan fingerprint density at radius 3 is 2.67 bits per heavy atom. The van der Waals surface area contributed by atoms with Crippen LogP contribution in [0.2, 0.25) is 0 Å². The van der Waals surface area contributed by atoms with Crippen LogP contribution in [0.1, 0.15) is 47.4 Å². The summed E-state index contributed by atoms with van der Waals surface area (Å²) in [7, 11) is 0. The van der Waals surface area contributed by atoms with E-state index in [9.17, 15) is 9.18 Å². The van der Waals surface area contributed by atoms with Crippen LogP contribution in [0.25, 0.3) is 11.1 Å². The first-order valence-electron chi connectivity index (χ1n) is 12.5. The van der Waals surface area contributed by atoms with Gasteiger partial charge in [0.05, 0.1) is 6.61 Å². The molecular weight excluding hydrogens is 457 g/mol. The minimum Gasteiger partial charge on any atom is -0.459 e. The Morgan fingerprint density at radius 1 is 1.03 bits per heavy atom. The minimum atomic E-state index is -0.560. The monoisotopic (exact) mass is 487 g/mol. The Kier molecular flexibility index (Phi) is 7.44. The van der Waals surface area contributed by atoms with E-state index in [2.05, 4.69) is 47.8 Å². The highest BCUT2D eigenvalue weighted by Crippen LogP contribution is 2.39. The fraction of sp³-hybridized carbons (Fsp3) is 0.300. The van der Waals surface area contributed by atoms with Crippen molar-refractivity contribution in [3.05, 3.63) is 107 Å². The van der Waals surface area contributed by atoms with Crippen molar-refractivity contribution >= 4 is 5.91 Å². The van der Waals surface area contributed by atoms with E-state index >= 15 is 0 Å². The predicted octanol–water partition coefficient (Wildman–Crippen LogP) is 5.22. The summed E-state index contributed by atoms with van der Waals surface area (Å²) in [5.41, 5.74) is 7.09. The number of halogens is 1. The highest BCUT2D eigenvalue weighted by atomic mass is 19.1. The number of aliphatic hydroxyl groups is 1. The number of unbranched alkanes of at least 4 members (excludes halogenated alkanes) is 1.